The van der Waals surface area contributed by atoms with Crippen molar-refractivity contribution in [3.05, 3.63) is 62.7 Å². The van der Waals surface area contributed by atoms with Crippen molar-refractivity contribution in [3.63, 3.8) is 0 Å². The minimum absolute atomic E-state index is 0.200. The molecule has 0 aliphatic rings. The van der Waals surface area contributed by atoms with Crippen LogP contribution in [0.3, 0.4) is 0 Å². The Kier molecular flexibility index (Phi) is 3.93. The van der Waals surface area contributed by atoms with Gasteiger partial charge < -0.3 is 9.73 Å². The Bertz CT molecular complexity index is 845. The van der Waals surface area contributed by atoms with E-state index in [4.69, 9.17) is 27.6 Å². The van der Waals surface area contributed by atoms with E-state index >= 15 is 0 Å². The first-order valence-electron chi connectivity index (χ1n) is 5.98. The fraction of sp³-hybridized carbons (Fsp3) is 0. The van der Waals surface area contributed by atoms with Gasteiger partial charge in [0.25, 0.3) is 5.91 Å². The van der Waals surface area contributed by atoms with Crippen molar-refractivity contribution < 1.29 is 9.21 Å². The van der Waals surface area contributed by atoms with Crippen LogP contribution < -0.4 is 5.32 Å². The topological polar surface area (TPSA) is 42.2 Å². The quantitative estimate of drug-likeness (QED) is 0.610. The van der Waals surface area contributed by atoms with Gasteiger partial charge in [-0.25, -0.2) is 0 Å². The predicted molar refractivity (Wildman–Crippen MR) is 88.3 cm³/mol. The van der Waals surface area contributed by atoms with Crippen LogP contribution in [0.5, 0.6) is 0 Å². The van der Waals surface area contributed by atoms with Crippen LogP contribution >= 0.6 is 39.1 Å². The summed E-state index contributed by atoms with van der Waals surface area (Å²) in [6, 6.07) is 12.0. The van der Waals surface area contributed by atoms with Crippen LogP contribution in [-0.2, 0) is 0 Å². The van der Waals surface area contributed by atoms with Gasteiger partial charge in [-0.3, -0.25) is 4.79 Å². The highest BCUT2D eigenvalue weighted by Gasteiger charge is 2.14. The molecule has 1 aromatic heterocycles. The van der Waals surface area contributed by atoms with Crippen LogP contribution in [-0.4, -0.2) is 5.91 Å². The lowest BCUT2D eigenvalue weighted by Crippen LogP contribution is -2.11. The van der Waals surface area contributed by atoms with Crippen LogP contribution in [0.1, 0.15) is 10.6 Å². The Labute approximate surface area is 139 Å². The van der Waals surface area contributed by atoms with E-state index in [1.807, 2.05) is 0 Å². The molecule has 0 fully saturated rings. The molecule has 0 unspecified atom stereocenters. The number of benzene rings is 2. The maximum atomic E-state index is 12.2. The van der Waals surface area contributed by atoms with E-state index in [0.29, 0.717) is 21.3 Å². The molecular weight excluding hydrogens is 377 g/mol. The zero-order valence-corrected chi connectivity index (χ0v) is 13.6. The maximum absolute atomic E-state index is 12.2. The molecule has 0 saturated carbocycles. The molecule has 21 heavy (non-hydrogen) atoms. The molecule has 0 spiro atoms. The summed E-state index contributed by atoms with van der Waals surface area (Å²) in [6.07, 6.45) is 0. The monoisotopic (exact) mass is 383 g/mol. The summed E-state index contributed by atoms with van der Waals surface area (Å²) in [7, 11) is 0. The summed E-state index contributed by atoms with van der Waals surface area (Å²) in [4.78, 5) is 12.2. The fourth-order valence-electron chi connectivity index (χ4n) is 1.90. The van der Waals surface area contributed by atoms with E-state index in [2.05, 4.69) is 21.2 Å². The molecule has 2 aromatic carbocycles. The number of hydrogen-bond acceptors (Lipinski definition) is 2. The summed E-state index contributed by atoms with van der Waals surface area (Å²) >= 11 is 15.3. The molecule has 0 aliphatic carbocycles. The first kappa shape index (κ1) is 14.4. The molecule has 0 radical (unpaired) electrons. The fourth-order valence-corrected chi connectivity index (χ4v) is 2.80. The Morgan fingerprint density at radius 3 is 2.67 bits per heavy atom. The molecule has 3 rings (SSSR count). The van der Waals surface area contributed by atoms with Gasteiger partial charge in [0.1, 0.15) is 5.58 Å². The van der Waals surface area contributed by atoms with Gasteiger partial charge in [-0.2, -0.15) is 0 Å². The molecule has 3 aromatic rings. The van der Waals surface area contributed by atoms with Crippen molar-refractivity contribution in [2.45, 2.75) is 0 Å². The number of hydrogen-bond donors (Lipinski definition) is 1. The van der Waals surface area contributed by atoms with Crippen molar-refractivity contribution >= 4 is 61.7 Å². The van der Waals surface area contributed by atoms with Gasteiger partial charge in [-0.1, -0.05) is 39.1 Å². The lowest BCUT2D eigenvalue weighted by molar-refractivity contribution is 0.0998. The molecule has 0 atom stereocenters. The van der Waals surface area contributed by atoms with E-state index in [9.17, 15) is 4.79 Å². The Balaban J connectivity index is 1.89. The smallest absolute Gasteiger partial charge is 0.291 e. The maximum Gasteiger partial charge on any atom is 0.291 e. The number of rotatable bonds is 2. The molecule has 0 aliphatic heterocycles. The Hall–Kier alpha value is -1.49. The Morgan fingerprint density at radius 2 is 1.90 bits per heavy atom. The second-order valence-electron chi connectivity index (χ2n) is 4.37. The normalized spacial score (nSPS) is 10.8. The zero-order chi connectivity index (χ0) is 15.0. The highest BCUT2D eigenvalue weighted by atomic mass is 79.9. The number of furan rings is 1. The number of fused-ring (bicyclic) bond motifs is 1. The zero-order valence-electron chi connectivity index (χ0n) is 10.5. The van der Waals surface area contributed by atoms with Gasteiger partial charge >= 0.3 is 0 Å². The second-order valence-corrected chi connectivity index (χ2v) is 6.13. The SMILES string of the molecule is O=C(Nc1ccc(Br)cc1Cl)c1cc2cc(Cl)ccc2o1. The number of anilines is 1. The number of halogens is 3. The van der Waals surface area contributed by atoms with E-state index in [-0.39, 0.29) is 11.7 Å². The summed E-state index contributed by atoms with van der Waals surface area (Å²) in [6.45, 7) is 0. The molecule has 106 valence electrons. The van der Waals surface area contributed by atoms with Crippen LogP contribution in [0.4, 0.5) is 5.69 Å². The lowest BCUT2D eigenvalue weighted by Gasteiger charge is -2.05. The molecule has 3 nitrogen and oxygen atoms in total. The highest BCUT2D eigenvalue weighted by Crippen LogP contribution is 2.27. The van der Waals surface area contributed by atoms with Gasteiger partial charge in [-0.05, 0) is 42.5 Å². The molecule has 1 amide bonds. The van der Waals surface area contributed by atoms with E-state index < -0.39 is 0 Å². The second kappa shape index (κ2) is 5.72. The van der Waals surface area contributed by atoms with Crippen LogP contribution in [0, 0.1) is 0 Å². The minimum atomic E-state index is -0.369. The number of amides is 1. The number of carbonyl (C=O) groups excluding carboxylic acids is 1. The lowest BCUT2D eigenvalue weighted by atomic mass is 10.2. The van der Waals surface area contributed by atoms with Gasteiger partial charge in [-0.15, -0.1) is 0 Å². The first-order chi connectivity index (χ1) is 10.0. The van der Waals surface area contributed by atoms with Crippen molar-refractivity contribution in [1.82, 2.24) is 0 Å². The molecule has 0 saturated heterocycles. The van der Waals surface area contributed by atoms with E-state index in [1.165, 1.54) is 0 Å². The molecule has 1 N–H and O–H groups in total. The first-order valence-corrected chi connectivity index (χ1v) is 7.53. The molecular formula is C15H8BrCl2NO2. The molecule has 6 heteroatoms. The molecule has 1 heterocycles. The van der Waals surface area contributed by atoms with Gasteiger partial charge in [0.2, 0.25) is 0 Å². The third-order valence-corrected chi connectivity index (χ3v) is 3.92. The van der Waals surface area contributed by atoms with Gasteiger partial charge in [0.15, 0.2) is 5.76 Å². The summed E-state index contributed by atoms with van der Waals surface area (Å²) in [5.74, 6) is -0.169. The summed E-state index contributed by atoms with van der Waals surface area (Å²) in [5.41, 5.74) is 1.12. The van der Waals surface area contributed by atoms with Crippen molar-refractivity contribution in [1.29, 1.82) is 0 Å². The van der Waals surface area contributed by atoms with Crippen molar-refractivity contribution in [3.8, 4) is 0 Å². The number of nitrogens with one attached hydrogen (secondary N) is 1. The summed E-state index contributed by atoms with van der Waals surface area (Å²) in [5, 5.41) is 4.51. The van der Waals surface area contributed by atoms with E-state index in [0.717, 1.165) is 9.86 Å². The Morgan fingerprint density at radius 1 is 1.10 bits per heavy atom. The summed E-state index contributed by atoms with van der Waals surface area (Å²) < 4.78 is 6.33. The minimum Gasteiger partial charge on any atom is -0.451 e. The molecule has 0 bridgehead atoms. The van der Waals surface area contributed by atoms with Crippen molar-refractivity contribution in [2.24, 2.45) is 0 Å². The van der Waals surface area contributed by atoms with Crippen LogP contribution in [0.15, 0.2) is 51.4 Å². The van der Waals surface area contributed by atoms with Crippen LogP contribution in [0.25, 0.3) is 11.0 Å². The largest absolute Gasteiger partial charge is 0.451 e. The van der Waals surface area contributed by atoms with Gasteiger partial charge in [0.05, 0.1) is 10.7 Å². The average Bonchev–Trinajstić information content (AvgIpc) is 2.85. The predicted octanol–water partition coefficient (Wildman–Crippen LogP) is 5.75. The standard InChI is InChI=1S/C15H8BrCl2NO2/c16-9-1-3-12(11(18)7-9)19-15(20)14-6-8-5-10(17)2-4-13(8)21-14/h1-7H,(H,19,20). The number of carbonyl (C=O) groups is 1. The van der Waals surface area contributed by atoms with E-state index in [1.54, 1.807) is 42.5 Å². The highest BCUT2D eigenvalue weighted by molar-refractivity contribution is 9.10. The van der Waals surface area contributed by atoms with Crippen molar-refractivity contribution in [2.75, 3.05) is 5.32 Å². The van der Waals surface area contributed by atoms with Gasteiger partial charge in [0, 0.05) is 14.9 Å². The average molecular weight is 385 g/mol. The van der Waals surface area contributed by atoms with Crippen LogP contribution in [0.2, 0.25) is 10.0 Å². The third-order valence-electron chi connectivity index (χ3n) is 2.88. The third kappa shape index (κ3) is 3.07.